The highest BCUT2D eigenvalue weighted by Crippen LogP contribution is 2.27. The lowest BCUT2D eigenvalue weighted by Crippen LogP contribution is -1.91. The predicted octanol–water partition coefficient (Wildman–Crippen LogP) is 3.79. The molecule has 0 spiro atoms. The van der Waals surface area contributed by atoms with Crippen LogP contribution in [0.2, 0.25) is 0 Å². The van der Waals surface area contributed by atoms with Crippen molar-refractivity contribution in [3.63, 3.8) is 0 Å². The number of aliphatic imine (C=N–C) groups is 1. The van der Waals surface area contributed by atoms with E-state index in [4.69, 9.17) is 5.11 Å². The second kappa shape index (κ2) is 5.85. The van der Waals surface area contributed by atoms with Crippen molar-refractivity contribution in [2.75, 3.05) is 13.2 Å². The SMILES string of the molecule is OCCCN=Cc1c2ccccc2cc2ccccc12. The van der Waals surface area contributed by atoms with Crippen LogP contribution in [0.1, 0.15) is 12.0 Å². The van der Waals surface area contributed by atoms with Gasteiger partial charge in [-0.1, -0.05) is 48.5 Å². The van der Waals surface area contributed by atoms with Gasteiger partial charge >= 0.3 is 0 Å². The van der Waals surface area contributed by atoms with Gasteiger partial charge in [-0.3, -0.25) is 4.99 Å². The molecule has 0 saturated heterocycles. The fourth-order valence-corrected chi connectivity index (χ4v) is 2.51. The van der Waals surface area contributed by atoms with Crippen LogP contribution in [0.4, 0.5) is 0 Å². The van der Waals surface area contributed by atoms with Crippen LogP contribution in [-0.2, 0) is 0 Å². The van der Waals surface area contributed by atoms with Gasteiger partial charge in [-0.05, 0) is 34.0 Å². The summed E-state index contributed by atoms with van der Waals surface area (Å²) in [6, 6.07) is 19.0. The third-order valence-electron chi connectivity index (χ3n) is 3.48. The zero-order valence-electron chi connectivity index (χ0n) is 11.3. The Balaban J connectivity index is 2.20. The first kappa shape index (κ1) is 12.8. The zero-order chi connectivity index (χ0) is 13.8. The van der Waals surface area contributed by atoms with Gasteiger partial charge in [-0.15, -0.1) is 0 Å². The Morgan fingerprint density at radius 2 is 1.50 bits per heavy atom. The summed E-state index contributed by atoms with van der Waals surface area (Å²) < 4.78 is 0. The summed E-state index contributed by atoms with van der Waals surface area (Å²) in [5.41, 5.74) is 1.16. The molecule has 20 heavy (non-hydrogen) atoms. The lowest BCUT2D eigenvalue weighted by Gasteiger charge is -2.07. The molecule has 0 radical (unpaired) electrons. The largest absolute Gasteiger partial charge is 0.396 e. The van der Waals surface area contributed by atoms with E-state index in [2.05, 4.69) is 59.6 Å². The molecule has 0 atom stereocenters. The maximum absolute atomic E-state index is 8.83. The van der Waals surface area contributed by atoms with Crippen LogP contribution in [0.3, 0.4) is 0 Å². The van der Waals surface area contributed by atoms with Gasteiger partial charge in [0, 0.05) is 24.9 Å². The highest BCUT2D eigenvalue weighted by molar-refractivity contribution is 6.13. The minimum Gasteiger partial charge on any atom is -0.396 e. The molecule has 0 aliphatic heterocycles. The number of rotatable bonds is 4. The van der Waals surface area contributed by atoms with Crippen molar-refractivity contribution in [3.8, 4) is 0 Å². The molecule has 0 unspecified atom stereocenters. The molecule has 1 N–H and O–H groups in total. The van der Waals surface area contributed by atoms with Crippen LogP contribution >= 0.6 is 0 Å². The summed E-state index contributed by atoms with van der Waals surface area (Å²) in [4.78, 5) is 4.45. The van der Waals surface area contributed by atoms with Crippen molar-refractivity contribution in [1.82, 2.24) is 0 Å². The Morgan fingerprint density at radius 3 is 2.10 bits per heavy atom. The van der Waals surface area contributed by atoms with Crippen molar-refractivity contribution in [3.05, 3.63) is 60.2 Å². The van der Waals surface area contributed by atoms with Crippen LogP contribution in [0.25, 0.3) is 21.5 Å². The molecule has 0 aromatic heterocycles. The molecular formula is C18H17NO. The molecule has 0 aliphatic rings. The quantitative estimate of drug-likeness (QED) is 0.433. The summed E-state index contributed by atoms with van der Waals surface area (Å²) in [6.07, 6.45) is 2.65. The lowest BCUT2D eigenvalue weighted by molar-refractivity contribution is 0.291. The summed E-state index contributed by atoms with van der Waals surface area (Å²) in [5.74, 6) is 0. The first-order chi connectivity index (χ1) is 9.90. The average molecular weight is 263 g/mol. The van der Waals surface area contributed by atoms with Crippen molar-refractivity contribution in [2.45, 2.75) is 6.42 Å². The zero-order valence-corrected chi connectivity index (χ0v) is 11.3. The molecule has 0 heterocycles. The molecule has 0 bridgehead atoms. The number of nitrogens with zero attached hydrogens (tertiary/aromatic N) is 1. The topological polar surface area (TPSA) is 32.6 Å². The second-order valence-corrected chi connectivity index (χ2v) is 4.84. The van der Waals surface area contributed by atoms with Gasteiger partial charge in [0.1, 0.15) is 0 Å². The smallest absolute Gasteiger partial charge is 0.0448 e. The predicted molar refractivity (Wildman–Crippen MR) is 85.6 cm³/mol. The summed E-state index contributed by atoms with van der Waals surface area (Å²) in [6.45, 7) is 0.849. The van der Waals surface area contributed by atoms with Gasteiger partial charge in [0.2, 0.25) is 0 Å². The van der Waals surface area contributed by atoms with Crippen molar-refractivity contribution in [1.29, 1.82) is 0 Å². The normalized spacial score (nSPS) is 11.7. The van der Waals surface area contributed by atoms with Gasteiger partial charge in [-0.25, -0.2) is 0 Å². The monoisotopic (exact) mass is 263 g/mol. The first-order valence-electron chi connectivity index (χ1n) is 6.91. The van der Waals surface area contributed by atoms with Crippen molar-refractivity contribution < 1.29 is 5.11 Å². The van der Waals surface area contributed by atoms with Crippen LogP contribution in [0.5, 0.6) is 0 Å². The highest BCUT2D eigenvalue weighted by atomic mass is 16.3. The second-order valence-electron chi connectivity index (χ2n) is 4.84. The number of aliphatic hydroxyl groups excluding tert-OH is 1. The minimum atomic E-state index is 0.188. The van der Waals surface area contributed by atoms with Gasteiger partial charge in [0.25, 0.3) is 0 Å². The molecule has 0 saturated carbocycles. The summed E-state index contributed by atoms with van der Waals surface area (Å²) >= 11 is 0. The lowest BCUT2D eigenvalue weighted by atomic mass is 9.97. The Hall–Kier alpha value is -2.19. The van der Waals surface area contributed by atoms with Crippen LogP contribution in [0, 0.1) is 0 Å². The number of hydrogen-bond donors (Lipinski definition) is 1. The van der Waals surface area contributed by atoms with Crippen molar-refractivity contribution in [2.24, 2.45) is 4.99 Å². The van der Waals surface area contributed by atoms with Crippen LogP contribution in [-0.4, -0.2) is 24.5 Å². The van der Waals surface area contributed by atoms with E-state index in [0.717, 1.165) is 5.56 Å². The maximum Gasteiger partial charge on any atom is 0.0448 e. The Labute approximate surface area is 118 Å². The molecule has 3 aromatic carbocycles. The van der Waals surface area contributed by atoms with Gasteiger partial charge in [-0.2, -0.15) is 0 Å². The van der Waals surface area contributed by atoms with E-state index in [1.54, 1.807) is 0 Å². The average Bonchev–Trinajstić information content (AvgIpc) is 2.50. The third-order valence-corrected chi connectivity index (χ3v) is 3.48. The molecular weight excluding hydrogens is 246 g/mol. The van der Waals surface area contributed by atoms with Crippen molar-refractivity contribution >= 4 is 27.8 Å². The number of hydrogen-bond acceptors (Lipinski definition) is 2. The molecule has 2 nitrogen and oxygen atoms in total. The van der Waals surface area contributed by atoms with Crippen LogP contribution in [0.15, 0.2) is 59.6 Å². The van der Waals surface area contributed by atoms with Gasteiger partial charge in [0.05, 0.1) is 0 Å². The number of fused-ring (bicyclic) bond motifs is 2. The van der Waals surface area contributed by atoms with E-state index < -0.39 is 0 Å². The number of benzene rings is 3. The maximum atomic E-state index is 8.83. The van der Waals surface area contributed by atoms with E-state index in [0.29, 0.717) is 13.0 Å². The standard InChI is InChI=1S/C18H17NO/c20-11-5-10-19-13-18-16-8-3-1-6-14(16)12-15-7-2-4-9-17(15)18/h1-4,6-9,12-13,20H,5,10-11H2. The minimum absolute atomic E-state index is 0.188. The summed E-state index contributed by atoms with van der Waals surface area (Å²) in [7, 11) is 0. The van der Waals surface area contributed by atoms with E-state index in [1.807, 2.05) is 6.21 Å². The molecule has 0 fully saturated rings. The van der Waals surface area contributed by atoms with E-state index in [-0.39, 0.29) is 6.61 Å². The molecule has 3 aromatic rings. The van der Waals surface area contributed by atoms with E-state index in [9.17, 15) is 0 Å². The first-order valence-corrected chi connectivity index (χ1v) is 6.91. The Morgan fingerprint density at radius 1 is 0.900 bits per heavy atom. The van der Waals surface area contributed by atoms with Gasteiger partial charge in [0.15, 0.2) is 0 Å². The molecule has 0 aliphatic carbocycles. The molecule has 0 amide bonds. The fraction of sp³-hybridized carbons (Fsp3) is 0.167. The molecule has 3 rings (SSSR count). The van der Waals surface area contributed by atoms with E-state index >= 15 is 0 Å². The fourth-order valence-electron chi connectivity index (χ4n) is 2.51. The van der Waals surface area contributed by atoms with E-state index in [1.165, 1.54) is 21.5 Å². The third kappa shape index (κ3) is 2.43. The highest BCUT2D eigenvalue weighted by Gasteiger charge is 2.04. The molecule has 2 heteroatoms. The van der Waals surface area contributed by atoms with Crippen LogP contribution < -0.4 is 0 Å². The summed E-state index contributed by atoms with van der Waals surface area (Å²) in [5, 5.41) is 13.7. The Kier molecular flexibility index (Phi) is 3.75. The molecule has 100 valence electrons. The Bertz CT molecular complexity index is 708. The van der Waals surface area contributed by atoms with Gasteiger partial charge < -0.3 is 5.11 Å². The number of aliphatic hydroxyl groups is 1.